The topological polar surface area (TPSA) is 51.6 Å². The van der Waals surface area contributed by atoms with Gasteiger partial charge in [-0.3, -0.25) is 19.9 Å². The molecule has 0 atom stereocenters. The Bertz CT molecular complexity index is 562. The molecule has 0 saturated heterocycles. The van der Waals surface area contributed by atoms with Gasteiger partial charge in [-0.2, -0.15) is 0 Å². The lowest BCUT2D eigenvalue weighted by Gasteiger charge is -2.02. The van der Waals surface area contributed by atoms with Gasteiger partial charge in [0.05, 0.1) is 23.8 Å². The van der Waals surface area contributed by atoms with Gasteiger partial charge in [-0.1, -0.05) is 0 Å². The zero-order valence-corrected chi connectivity index (χ0v) is 9.56. The largest absolute Gasteiger partial charge is 0.265 e. The Morgan fingerprint density at radius 3 is 1.28 bits per heavy atom. The summed E-state index contributed by atoms with van der Waals surface area (Å²) in [6.45, 7) is 0. The molecular weight excluding hydrogens is 224 g/mol. The second kappa shape index (κ2) is 4.71. The second-order valence-corrected chi connectivity index (χ2v) is 3.76. The van der Waals surface area contributed by atoms with E-state index in [1.807, 2.05) is 24.3 Å². The Morgan fingerprint density at radius 1 is 0.556 bits per heavy atom. The molecule has 0 N–H and O–H groups in total. The van der Waals surface area contributed by atoms with E-state index in [2.05, 4.69) is 19.9 Å². The van der Waals surface area contributed by atoms with Crippen LogP contribution in [0.15, 0.2) is 61.4 Å². The smallest absolute Gasteiger partial charge is 0.0886 e. The molecule has 0 aliphatic carbocycles. The van der Waals surface area contributed by atoms with E-state index < -0.39 is 0 Å². The van der Waals surface area contributed by atoms with Crippen molar-refractivity contribution in [2.75, 3.05) is 0 Å². The zero-order chi connectivity index (χ0) is 12.2. The maximum atomic E-state index is 4.41. The molecule has 3 heterocycles. The van der Waals surface area contributed by atoms with Crippen molar-refractivity contribution < 1.29 is 0 Å². The molecule has 0 spiro atoms. The fourth-order valence-corrected chi connectivity index (χ4v) is 1.67. The Hall–Kier alpha value is -2.62. The minimum Gasteiger partial charge on any atom is -0.265 e. The molecule has 0 unspecified atom stereocenters. The predicted octanol–water partition coefficient (Wildman–Crippen LogP) is 2.60. The van der Waals surface area contributed by atoms with Gasteiger partial charge in [0.15, 0.2) is 0 Å². The molecule has 0 fully saturated rings. The van der Waals surface area contributed by atoms with Gasteiger partial charge in [-0.05, 0) is 24.3 Å². The minimum absolute atomic E-state index is 0.843. The average Bonchev–Trinajstić information content (AvgIpc) is 2.49. The standard InChI is InChI=1S/C14H10N4/c1-5-15-6-2-11(1)13-9-18-14(10-17-13)12-3-7-16-8-4-12/h1-10H. The van der Waals surface area contributed by atoms with Gasteiger partial charge in [-0.15, -0.1) is 0 Å². The highest BCUT2D eigenvalue weighted by Crippen LogP contribution is 2.18. The molecule has 3 aromatic heterocycles. The van der Waals surface area contributed by atoms with E-state index in [9.17, 15) is 0 Å². The van der Waals surface area contributed by atoms with Crippen LogP contribution in [0.4, 0.5) is 0 Å². The number of aromatic nitrogens is 4. The molecule has 3 rings (SSSR count). The fourth-order valence-electron chi connectivity index (χ4n) is 1.67. The van der Waals surface area contributed by atoms with Gasteiger partial charge in [0.25, 0.3) is 0 Å². The minimum atomic E-state index is 0.843. The highest BCUT2D eigenvalue weighted by molar-refractivity contribution is 5.61. The van der Waals surface area contributed by atoms with Gasteiger partial charge in [-0.25, -0.2) is 0 Å². The highest BCUT2D eigenvalue weighted by atomic mass is 14.8. The number of pyridine rings is 2. The summed E-state index contributed by atoms with van der Waals surface area (Å²) in [6, 6.07) is 7.65. The van der Waals surface area contributed by atoms with E-state index in [0.29, 0.717) is 0 Å². The van der Waals surface area contributed by atoms with Crippen LogP contribution in [-0.2, 0) is 0 Å². The third-order valence-electron chi connectivity index (χ3n) is 2.60. The van der Waals surface area contributed by atoms with Gasteiger partial charge >= 0.3 is 0 Å². The van der Waals surface area contributed by atoms with Crippen molar-refractivity contribution in [2.45, 2.75) is 0 Å². The predicted molar refractivity (Wildman–Crippen MR) is 68.5 cm³/mol. The van der Waals surface area contributed by atoms with Crippen molar-refractivity contribution in [1.82, 2.24) is 19.9 Å². The van der Waals surface area contributed by atoms with Crippen LogP contribution in [0.5, 0.6) is 0 Å². The average molecular weight is 234 g/mol. The van der Waals surface area contributed by atoms with Crippen LogP contribution in [0.1, 0.15) is 0 Å². The molecule has 4 heteroatoms. The first-order valence-electron chi connectivity index (χ1n) is 5.56. The van der Waals surface area contributed by atoms with Crippen LogP contribution in [0.2, 0.25) is 0 Å². The Balaban J connectivity index is 1.95. The summed E-state index contributed by atoms with van der Waals surface area (Å²) in [7, 11) is 0. The van der Waals surface area contributed by atoms with Gasteiger partial charge in [0.2, 0.25) is 0 Å². The summed E-state index contributed by atoms with van der Waals surface area (Å²) in [6.07, 6.45) is 10.5. The third kappa shape index (κ3) is 2.08. The monoisotopic (exact) mass is 234 g/mol. The molecule has 0 aliphatic heterocycles. The van der Waals surface area contributed by atoms with Crippen molar-refractivity contribution in [3.05, 3.63) is 61.4 Å². The first-order chi connectivity index (χ1) is 8.93. The molecule has 0 aromatic carbocycles. The normalized spacial score (nSPS) is 10.2. The van der Waals surface area contributed by atoms with Crippen LogP contribution in [0.25, 0.3) is 22.5 Å². The number of rotatable bonds is 2. The molecular formula is C14H10N4. The summed E-state index contributed by atoms with van der Waals surface area (Å²) >= 11 is 0. The Kier molecular flexibility index (Phi) is 2.75. The van der Waals surface area contributed by atoms with E-state index in [4.69, 9.17) is 0 Å². The van der Waals surface area contributed by atoms with Crippen LogP contribution >= 0.6 is 0 Å². The van der Waals surface area contributed by atoms with Crippen molar-refractivity contribution in [1.29, 1.82) is 0 Å². The van der Waals surface area contributed by atoms with Crippen molar-refractivity contribution in [2.24, 2.45) is 0 Å². The van der Waals surface area contributed by atoms with Gasteiger partial charge in [0.1, 0.15) is 0 Å². The summed E-state index contributed by atoms with van der Waals surface area (Å²) in [5.74, 6) is 0. The molecule has 18 heavy (non-hydrogen) atoms. The first kappa shape index (κ1) is 10.5. The van der Waals surface area contributed by atoms with Crippen molar-refractivity contribution in [3.8, 4) is 22.5 Å². The fraction of sp³-hybridized carbons (Fsp3) is 0. The van der Waals surface area contributed by atoms with Crippen molar-refractivity contribution >= 4 is 0 Å². The maximum absolute atomic E-state index is 4.41. The Labute approximate surface area is 104 Å². The van der Waals surface area contributed by atoms with Gasteiger partial charge < -0.3 is 0 Å². The lowest BCUT2D eigenvalue weighted by Crippen LogP contribution is -1.89. The number of hydrogen-bond acceptors (Lipinski definition) is 4. The number of nitrogens with zero attached hydrogens (tertiary/aromatic N) is 4. The summed E-state index contributed by atoms with van der Waals surface area (Å²) in [5.41, 5.74) is 3.71. The molecule has 0 saturated carbocycles. The molecule has 0 bridgehead atoms. The van der Waals surface area contributed by atoms with Crippen molar-refractivity contribution in [3.63, 3.8) is 0 Å². The second-order valence-electron chi connectivity index (χ2n) is 3.76. The summed E-state index contributed by atoms with van der Waals surface area (Å²) < 4.78 is 0. The van der Waals surface area contributed by atoms with Gasteiger partial charge in [0, 0.05) is 35.9 Å². The molecule has 0 amide bonds. The lowest BCUT2D eigenvalue weighted by molar-refractivity contribution is 1.20. The molecule has 4 nitrogen and oxygen atoms in total. The summed E-state index contributed by atoms with van der Waals surface area (Å²) in [5, 5.41) is 0. The molecule has 86 valence electrons. The Morgan fingerprint density at radius 2 is 0.944 bits per heavy atom. The lowest BCUT2D eigenvalue weighted by atomic mass is 10.2. The molecule has 0 aliphatic rings. The van der Waals surface area contributed by atoms with E-state index in [1.165, 1.54) is 0 Å². The molecule has 3 aromatic rings. The van der Waals surface area contributed by atoms with E-state index in [0.717, 1.165) is 22.5 Å². The quantitative estimate of drug-likeness (QED) is 0.684. The first-order valence-corrected chi connectivity index (χ1v) is 5.56. The van der Waals surface area contributed by atoms with E-state index >= 15 is 0 Å². The third-order valence-corrected chi connectivity index (χ3v) is 2.60. The van der Waals surface area contributed by atoms with Crippen LogP contribution in [0, 0.1) is 0 Å². The highest BCUT2D eigenvalue weighted by Gasteiger charge is 2.02. The maximum Gasteiger partial charge on any atom is 0.0886 e. The number of hydrogen-bond donors (Lipinski definition) is 0. The van der Waals surface area contributed by atoms with E-state index in [-0.39, 0.29) is 0 Å². The zero-order valence-electron chi connectivity index (χ0n) is 9.56. The molecule has 0 radical (unpaired) electrons. The van der Waals surface area contributed by atoms with Crippen LogP contribution < -0.4 is 0 Å². The van der Waals surface area contributed by atoms with Crippen LogP contribution in [0.3, 0.4) is 0 Å². The SMILES string of the molecule is c1cc(-c2cnc(-c3ccncc3)cn2)ccn1. The van der Waals surface area contributed by atoms with E-state index in [1.54, 1.807) is 37.2 Å². The summed E-state index contributed by atoms with van der Waals surface area (Å²) in [4.78, 5) is 16.8. The van der Waals surface area contributed by atoms with Crippen LogP contribution in [-0.4, -0.2) is 19.9 Å².